The Bertz CT molecular complexity index is 826. The zero-order chi connectivity index (χ0) is 17.3. The number of benzene rings is 2. The number of rotatable bonds is 5. The predicted molar refractivity (Wildman–Crippen MR) is 97.9 cm³/mol. The third-order valence-electron chi connectivity index (χ3n) is 3.98. The summed E-state index contributed by atoms with van der Waals surface area (Å²) in [5.74, 6) is 2.35. The van der Waals surface area contributed by atoms with Crippen LogP contribution < -0.4 is 9.47 Å². The molecule has 1 aromatic heterocycles. The van der Waals surface area contributed by atoms with Gasteiger partial charge >= 0.3 is 0 Å². The summed E-state index contributed by atoms with van der Waals surface area (Å²) in [6, 6.07) is 10.2. The standard InChI is InChI=1S/C20H24N2O2/c1-6-23-19-11-15(7-8-18(19)24-12(2)3)20-21-16-9-13(4)14(5)10-17(16)22-20/h7-12H,6H2,1-5H3,(H,21,22). The second-order valence-electron chi connectivity index (χ2n) is 6.30. The molecule has 4 heteroatoms. The Hall–Kier alpha value is -2.49. The van der Waals surface area contributed by atoms with Gasteiger partial charge in [0.25, 0.3) is 0 Å². The van der Waals surface area contributed by atoms with Gasteiger partial charge in [-0.2, -0.15) is 0 Å². The van der Waals surface area contributed by atoms with Crippen molar-refractivity contribution in [2.24, 2.45) is 0 Å². The molecule has 4 nitrogen and oxygen atoms in total. The van der Waals surface area contributed by atoms with Crippen LogP contribution in [0.25, 0.3) is 22.4 Å². The summed E-state index contributed by atoms with van der Waals surface area (Å²) < 4.78 is 11.6. The fourth-order valence-corrected chi connectivity index (χ4v) is 2.68. The third kappa shape index (κ3) is 3.23. The zero-order valence-corrected chi connectivity index (χ0v) is 14.9. The van der Waals surface area contributed by atoms with Gasteiger partial charge in [-0.1, -0.05) is 0 Å². The number of aromatic nitrogens is 2. The fourth-order valence-electron chi connectivity index (χ4n) is 2.68. The van der Waals surface area contributed by atoms with Crippen molar-refractivity contribution < 1.29 is 9.47 Å². The minimum Gasteiger partial charge on any atom is -0.490 e. The van der Waals surface area contributed by atoms with Gasteiger partial charge in [-0.15, -0.1) is 0 Å². The normalized spacial score (nSPS) is 11.2. The van der Waals surface area contributed by atoms with E-state index in [4.69, 9.17) is 14.5 Å². The number of aryl methyl sites for hydroxylation is 2. The lowest BCUT2D eigenvalue weighted by Crippen LogP contribution is -2.07. The molecule has 24 heavy (non-hydrogen) atoms. The molecule has 0 amide bonds. The van der Waals surface area contributed by atoms with Crippen molar-refractivity contribution in [1.29, 1.82) is 0 Å². The molecule has 0 saturated heterocycles. The Balaban J connectivity index is 2.03. The quantitative estimate of drug-likeness (QED) is 0.716. The molecule has 2 aromatic carbocycles. The molecule has 1 heterocycles. The highest BCUT2D eigenvalue weighted by atomic mass is 16.5. The number of ether oxygens (including phenoxy) is 2. The van der Waals surface area contributed by atoms with Crippen molar-refractivity contribution in [3.05, 3.63) is 41.5 Å². The van der Waals surface area contributed by atoms with E-state index in [1.54, 1.807) is 0 Å². The first-order valence-electron chi connectivity index (χ1n) is 8.38. The van der Waals surface area contributed by atoms with Crippen LogP contribution in [0.3, 0.4) is 0 Å². The van der Waals surface area contributed by atoms with Crippen LogP contribution in [0.4, 0.5) is 0 Å². The number of H-pyrrole nitrogens is 1. The molecular weight excluding hydrogens is 300 g/mol. The monoisotopic (exact) mass is 324 g/mol. The van der Waals surface area contributed by atoms with E-state index in [0.717, 1.165) is 33.9 Å². The number of imidazole rings is 1. The Morgan fingerprint density at radius 3 is 2.50 bits per heavy atom. The van der Waals surface area contributed by atoms with Gasteiger partial charge in [0.05, 0.1) is 23.7 Å². The van der Waals surface area contributed by atoms with E-state index >= 15 is 0 Å². The molecule has 0 bridgehead atoms. The van der Waals surface area contributed by atoms with E-state index in [0.29, 0.717) is 6.61 Å². The van der Waals surface area contributed by atoms with Gasteiger partial charge in [0.15, 0.2) is 11.5 Å². The van der Waals surface area contributed by atoms with Crippen LogP contribution in [0, 0.1) is 13.8 Å². The zero-order valence-electron chi connectivity index (χ0n) is 14.9. The minimum atomic E-state index is 0.104. The largest absolute Gasteiger partial charge is 0.490 e. The van der Waals surface area contributed by atoms with Crippen LogP contribution in [0.2, 0.25) is 0 Å². The first kappa shape index (κ1) is 16.4. The fraction of sp³-hybridized carbons (Fsp3) is 0.350. The van der Waals surface area contributed by atoms with Crippen LogP contribution in [-0.4, -0.2) is 22.7 Å². The number of aromatic amines is 1. The molecule has 0 radical (unpaired) electrons. The second kappa shape index (κ2) is 6.56. The second-order valence-corrected chi connectivity index (χ2v) is 6.30. The number of nitrogens with zero attached hydrogens (tertiary/aromatic N) is 1. The Kier molecular flexibility index (Phi) is 4.47. The number of fused-ring (bicyclic) bond motifs is 1. The summed E-state index contributed by atoms with van der Waals surface area (Å²) in [5, 5.41) is 0. The highest BCUT2D eigenvalue weighted by molar-refractivity contribution is 5.81. The van der Waals surface area contributed by atoms with Crippen molar-refractivity contribution in [3.63, 3.8) is 0 Å². The van der Waals surface area contributed by atoms with E-state index in [2.05, 4.69) is 31.0 Å². The number of hydrogen-bond donors (Lipinski definition) is 1. The maximum atomic E-state index is 5.82. The maximum absolute atomic E-state index is 5.82. The highest BCUT2D eigenvalue weighted by Crippen LogP contribution is 2.33. The van der Waals surface area contributed by atoms with E-state index in [1.165, 1.54) is 11.1 Å². The van der Waals surface area contributed by atoms with Crippen molar-refractivity contribution in [2.45, 2.75) is 40.7 Å². The van der Waals surface area contributed by atoms with Crippen LogP contribution in [0.5, 0.6) is 11.5 Å². The maximum Gasteiger partial charge on any atom is 0.161 e. The molecule has 0 unspecified atom stereocenters. The summed E-state index contributed by atoms with van der Waals surface area (Å²) in [4.78, 5) is 8.13. The van der Waals surface area contributed by atoms with Crippen molar-refractivity contribution >= 4 is 11.0 Å². The first-order valence-corrected chi connectivity index (χ1v) is 8.38. The van der Waals surface area contributed by atoms with E-state index in [-0.39, 0.29) is 6.10 Å². The van der Waals surface area contributed by atoms with Gasteiger partial charge in [-0.25, -0.2) is 4.98 Å². The van der Waals surface area contributed by atoms with Crippen LogP contribution >= 0.6 is 0 Å². The van der Waals surface area contributed by atoms with E-state index < -0.39 is 0 Å². The molecule has 1 N–H and O–H groups in total. The lowest BCUT2D eigenvalue weighted by molar-refractivity contribution is 0.224. The van der Waals surface area contributed by atoms with Crippen LogP contribution in [0.1, 0.15) is 31.9 Å². The molecule has 0 atom stereocenters. The Labute approximate surface area is 142 Å². The summed E-state index contributed by atoms with van der Waals surface area (Å²) >= 11 is 0. The minimum absolute atomic E-state index is 0.104. The predicted octanol–water partition coefficient (Wildman–Crippen LogP) is 5.03. The molecule has 3 aromatic rings. The Morgan fingerprint density at radius 2 is 1.79 bits per heavy atom. The van der Waals surface area contributed by atoms with E-state index in [1.807, 2.05) is 39.0 Å². The molecule has 0 aliphatic heterocycles. The summed E-state index contributed by atoms with van der Waals surface area (Å²) in [7, 11) is 0. The highest BCUT2D eigenvalue weighted by Gasteiger charge is 2.12. The first-order chi connectivity index (χ1) is 11.5. The molecule has 126 valence electrons. The SMILES string of the molecule is CCOc1cc(-c2nc3cc(C)c(C)cc3[nH]2)ccc1OC(C)C. The van der Waals surface area contributed by atoms with E-state index in [9.17, 15) is 0 Å². The average molecular weight is 324 g/mol. The van der Waals surface area contributed by atoms with Gasteiger partial charge in [0.1, 0.15) is 5.82 Å². The summed E-state index contributed by atoms with van der Waals surface area (Å²) in [6.45, 7) is 10.8. The van der Waals surface area contributed by atoms with Gasteiger partial charge in [-0.05, 0) is 76.1 Å². The van der Waals surface area contributed by atoms with Crippen molar-refractivity contribution in [1.82, 2.24) is 9.97 Å². The van der Waals surface area contributed by atoms with Crippen molar-refractivity contribution in [3.8, 4) is 22.9 Å². The topological polar surface area (TPSA) is 47.1 Å². The molecule has 0 spiro atoms. The molecule has 0 aliphatic rings. The lowest BCUT2D eigenvalue weighted by Gasteiger charge is -2.15. The average Bonchev–Trinajstić information content (AvgIpc) is 2.92. The molecule has 0 aliphatic carbocycles. The van der Waals surface area contributed by atoms with Crippen LogP contribution in [-0.2, 0) is 0 Å². The number of hydrogen-bond acceptors (Lipinski definition) is 3. The summed E-state index contributed by atoms with van der Waals surface area (Å²) in [5.41, 5.74) is 5.52. The molecule has 0 saturated carbocycles. The van der Waals surface area contributed by atoms with Gasteiger partial charge in [-0.3, -0.25) is 0 Å². The van der Waals surface area contributed by atoms with Crippen LogP contribution in [0.15, 0.2) is 30.3 Å². The third-order valence-corrected chi connectivity index (χ3v) is 3.98. The Morgan fingerprint density at radius 1 is 1.04 bits per heavy atom. The van der Waals surface area contributed by atoms with Gasteiger partial charge < -0.3 is 14.5 Å². The smallest absolute Gasteiger partial charge is 0.161 e. The molecule has 0 fully saturated rings. The lowest BCUT2D eigenvalue weighted by atomic mass is 10.1. The summed E-state index contributed by atoms with van der Waals surface area (Å²) in [6.07, 6.45) is 0.104. The van der Waals surface area contributed by atoms with Gasteiger partial charge in [0, 0.05) is 5.56 Å². The van der Waals surface area contributed by atoms with Crippen molar-refractivity contribution in [2.75, 3.05) is 6.61 Å². The molecule has 3 rings (SSSR count). The molecular formula is C20H24N2O2. The van der Waals surface area contributed by atoms with Gasteiger partial charge in [0.2, 0.25) is 0 Å². The number of nitrogens with one attached hydrogen (secondary N) is 1.